The molecule has 0 aliphatic carbocycles. The second kappa shape index (κ2) is 6.59. The molecule has 1 aromatic rings. The van der Waals surface area contributed by atoms with Gasteiger partial charge in [-0.05, 0) is 56.6 Å². The van der Waals surface area contributed by atoms with Crippen molar-refractivity contribution in [2.24, 2.45) is 0 Å². The molecular formula is C15H21BrN2O2. The smallest absolute Gasteiger partial charge is 0.329 e. The number of carboxylic acid groups (broad SMARTS) is 1. The third-order valence-electron chi connectivity index (χ3n) is 4.02. The van der Waals surface area contributed by atoms with E-state index in [0.29, 0.717) is 12.8 Å². The molecule has 1 aromatic carbocycles. The van der Waals surface area contributed by atoms with Crippen LogP contribution in [-0.2, 0) is 4.79 Å². The van der Waals surface area contributed by atoms with Gasteiger partial charge < -0.3 is 15.3 Å². The van der Waals surface area contributed by atoms with Crippen molar-refractivity contribution in [2.45, 2.75) is 31.7 Å². The van der Waals surface area contributed by atoms with Crippen LogP contribution < -0.4 is 5.32 Å². The maximum Gasteiger partial charge on any atom is 0.329 e. The lowest BCUT2D eigenvalue weighted by Crippen LogP contribution is -2.47. The number of anilines is 1. The van der Waals surface area contributed by atoms with Gasteiger partial charge in [-0.3, -0.25) is 0 Å². The third-order valence-corrected chi connectivity index (χ3v) is 4.55. The van der Waals surface area contributed by atoms with Crippen molar-refractivity contribution >= 4 is 27.6 Å². The number of halogens is 1. The predicted octanol–water partition coefficient (Wildman–Crippen LogP) is 3.19. The zero-order chi connectivity index (χ0) is 14.6. The molecule has 0 aromatic heterocycles. The highest BCUT2D eigenvalue weighted by molar-refractivity contribution is 9.10. The number of hydrogen-bond acceptors (Lipinski definition) is 3. The van der Waals surface area contributed by atoms with Gasteiger partial charge >= 0.3 is 5.97 Å². The minimum Gasteiger partial charge on any atom is -0.480 e. The first-order valence-electron chi connectivity index (χ1n) is 7.05. The number of benzene rings is 1. The normalized spacial score (nSPS) is 24.1. The third kappa shape index (κ3) is 3.52. The molecule has 20 heavy (non-hydrogen) atoms. The lowest BCUT2D eigenvalue weighted by molar-refractivity contribution is -0.142. The van der Waals surface area contributed by atoms with Gasteiger partial charge in [-0.2, -0.15) is 0 Å². The summed E-state index contributed by atoms with van der Waals surface area (Å²) in [7, 11) is 0. The Morgan fingerprint density at radius 2 is 2.05 bits per heavy atom. The van der Waals surface area contributed by atoms with E-state index in [1.165, 1.54) is 0 Å². The first-order valence-corrected chi connectivity index (χ1v) is 7.84. The molecule has 0 radical (unpaired) electrons. The summed E-state index contributed by atoms with van der Waals surface area (Å²) in [5.74, 6) is -0.752. The molecule has 1 aliphatic rings. The molecule has 4 nitrogen and oxygen atoms in total. The van der Waals surface area contributed by atoms with Crippen molar-refractivity contribution in [3.63, 3.8) is 0 Å². The standard InChI is InChI=1S/C15H21BrN2O2/c1-2-18-10-3-8-15(9-11-18,14(19)20)17-13-6-4-12(16)5-7-13/h4-7,17H,2-3,8-11H2,1H3,(H,19,20). The van der Waals surface area contributed by atoms with Crippen LogP contribution in [0.25, 0.3) is 0 Å². The van der Waals surface area contributed by atoms with Crippen molar-refractivity contribution in [3.8, 4) is 0 Å². The fourth-order valence-corrected chi connectivity index (χ4v) is 2.97. The van der Waals surface area contributed by atoms with Gasteiger partial charge in [0.1, 0.15) is 5.54 Å². The lowest BCUT2D eigenvalue weighted by atomic mass is 9.90. The molecule has 2 rings (SSSR count). The minimum atomic E-state index is -0.849. The van der Waals surface area contributed by atoms with Crippen LogP contribution in [0.4, 0.5) is 5.69 Å². The molecule has 0 bridgehead atoms. The van der Waals surface area contributed by atoms with Crippen LogP contribution in [-0.4, -0.2) is 41.1 Å². The number of carbonyl (C=O) groups is 1. The van der Waals surface area contributed by atoms with Crippen LogP contribution in [0.15, 0.2) is 28.7 Å². The number of nitrogens with one attached hydrogen (secondary N) is 1. The fourth-order valence-electron chi connectivity index (χ4n) is 2.71. The van der Waals surface area contributed by atoms with E-state index in [-0.39, 0.29) is 0 Å². The maximum absolute atomic E-state index is 11.8. The van der Waals surface area contributed by atoms with E-state index in [1.807, 2.05) is 24.3 Å². The van der Waals surface area contributed by atoms with E-state index >= 15 is 0 Å². The molecule has 1 fully saturated rings. The predicted molar refractivity (Wildman–Crippen MR) is 84.1 cm³/mol. The van der Waals surface area contributed by atoms with E-state index in [4.69, 9.17) is 0 Å². The van der Waals surface area contributed by atoms with Crippen molar-refractivity contribution in [2.75, 3.05) is 25.0 Å². The molecule has 110 valence electrons. The van der Waals surface area contributed by atoms with E-state index in [1.54, 1.807) is 0 Å². The summed E-state index contributed by atoms with van der Waals surface area (Å²) in [5.41, 5.74) is 0.0122. The zero-order valence-electron chi connectivity index (χ0n) is 11.7. The van der Waals surface area contributed by atoms with Crippen LogP contribution >= 0.6 is 15.9 Å². The highest BCUT2D eigenvalue weighted by Crippen LogP contribution is 2.28. The van der Waals surface area contributed by atoms with Gasteiger partial charge in [0.25, 0.3) is 0 Å². The van der Waals surface area contributed by atoms with Crippen LogP contribution in [0.1, 0.15) is 26.2 Å². The van der Waals surface area contributed by atoms with Crippen molar-refractivity contribution < 1.29 is 9.90 Å². The molecule has 1 unspecified atom stereocenters. The molecule has 1 saturated heterocycles. The average molecular weight is 341 g/mol. The van der Waals surface area contributed by atoms with Crippen LogP contribution in [0.2, 0.25) is 0 Å². The first-order chi connectivity index (χ1) is 9.55. The van der Waals surface area contributed by atoms with Gasteiger partial charge in [-0.25, -0.2) is 4.79 Å². The Kier molecular flexibility index (Phi) is 5.05. The quantitative estimate of drug-likeness (QED) is 0.883. The lowest BCUT2D eigenvalue weighted by Gasteiger charge is -2.30. The average Bonchev–Trinajstić information content (AvgIpc) is 2.65. The number of likely N-dealkylation sites (tertiary alicyclic amines) is 1. The van der Waals surface area contributed by atoms with Crippen LogP contribution in [0.3, 0.4) is 0 Å². The summed E-state index contributed by atoms with van der Waals surface area (Å²) in [6.07, 6.45) is 2.20. The Bertz CT molecular complexity index is 463. The number of aliphatic carboxylic acids is 1. The summed E-state index contributed by atoms with van der Waals surface area (Å²) in [6.45, 7) is 4.91. The van der Waals surface area contributed by atoms with Gasteiger partial charge in [-0.1, -0.05) is 22.9 Å². The molecule has 1 heterocycles. The summed E-state index contributed by atoms with van der Waals surface area (Å²) < 4.78 is 0.991. The molecule has 1 atom stereocenters. The Morgan fingerprint density at radius 3 is 2.65 bits per heavy atom. The maximum atomic E-state index is 11.8. The summed E-state index contributed by atoms with van der Waals surface area (Å²) in [4.78, 5) is 14.1. The van der Waals surface area contributed by atoms with E-state index in [0.717, 1.165) is 36.2 Å². The Labute approximate surface area is 128 Å². The van der Waals surface area contributed by atoms with Gasteiger partial charge in [0, 0.05) is 16.7 Å². The van der Waals surface area contributed by atoms with E-state index < -0.39 is 11.5 Å². The number of rotatable bonds is 4. The summed E-state index contributed by atoms with van der Waals surface area (Å²) in [6, 6.07) is 7.67. The minimum absolute atomic E-state index is 0.631. The second-order valence-corrected chi connectivity index (χ2v) is 6.22. The monoisotopic (exact) mass is 340 g/mol. The van der Waals surface area contributed by atoms with Crippen molar-refractivity contribution in [1.29, 1.82) is 0 Å². The van der Waals surface area contributed by atoms with Gasteiger partial charge in [0.15, 0.2) is 0 Å². The Balaban J connectivity index is 2.17. The molecule has 0 amide bonds. The highest BCUT2D eigenvalue weighted by atomic mass is 79.9. The topological polar surface area (TPSA) is 52.6 Å². The van der Waals surface area contributed by atoms with Gasteiger partial charge in [-0.15, -0.1) is 0 Å². The first kappa shape index (κ1) is 15.3. The van der Waals surface area contributed by atoms with Gasteiger partial charge in [0.2, 0.25) is 0 Å². The van der Waals surface area contributed by atoms with Crippen LogP contribution in [0, 0.1) is 0 Å². The van der Waals surface area contributed by atoms with E-state index in [2.05, 4.69) is 33.1 Å². The van der Waals surface area contributed by atoms with Gasteiger partial charge in [0.05, 0.1) is 0 Å². The van der Waals surface area contributed by atoms with Crippen LogP contribution in [0.5, 0.6) is 0 Å². The van der Waals surface area contributed by atoms with E-state index in [9.17, 15) is 9.90 Å². The SMILES string of the molecule is CCN1CCCC(Nc2ccc(Br)cc2)(C(=O)O)CC1. The highest BCUT2D eigenvalue weighted by Gasteiger charge is 2.39. The Hall–Kier alpha value is -1.07. The zero-order valence-corrected chi connectivity index (χ0v) is 13.3. The number of nitrogens with zero attached hydrogens (tertiary/aromatic N) is 1. The molecule has 0 spiro atoms. The molecular weight excluding hydrogens is 320 g/mol. The fraction of sp³-hybridized carbons (Fsp3) is 0.533. The Morgan fingerprint density at radius 1 is 1.35 bits per heavy atom. The molecule has 1 aliphatic heterocycles. The largest absolute Gasteiger partial charge is 0.480 e. The summed E-state index contributed by atoms with van der Waals surface area (Å²) >= 11 is 3.39. The summed E-state index contributed by atoms with van der Waals surface area (Å²) in [5, 5.41) is 13.0. The number of hydrogen-bond donors (Lipinski definition) is 2. The van der Waals surface area contributed by atoms with Crippen molar-refractivity contribution in [3.05, 3.63) is 28.7 Å². The molecule has 5 heteroatoms. The molecule has 2 N–H and O–H groups in total. The second-order valence-electron chi connectivity index (χ2n) is 5.31. The number of carboxylic acids is 1. The molecule has 0 saturated carbocycles. The van der Waals surface area contributed by atoms with Crippen molar-refractivity contribution in [1.82, 2.24) is 4.90 Å².